The Bertz CT molecular complexity index is 650. The predicted octanol–water partition coefficient (Wildman–Crippen LogP) is 3.27. The smallest absolute Gasteiger partial charge is 0.245 e. The summed E-state index contributed by atoms with van der Waals surface area (Å²) in [6.07, 6.45) is 1.45. The molecule has 0 radical (unpaired) electrons. The number of carbonyl (C=O) groups is 2. The third-order valence-corrected chi connectivity index (χ3v) is 4.66. The molecule has 0 bridgehead atoms. The number of amides is 2. The van der Waals surface area contributed by atoms with Crippen molar-refractivity contribution in [2.45, 2.75) is 65.6 Å². The van der Waals surface area contributed by atoms with E-state index in [-0.39, 0.29) is 29.9 Å². The van der Waals surface area contributed by atoms with Gasteiger partial charge in [-0.1, -0.05) is 0 Å². The molecular formula is C20H31N3O3. The predicted molar refractivity (Wildman–Crippen MR) is 105 cm³/mol. The minimum Gasteiger partial charge on any atom is -0.494 e. The molecule has 1 N–H and O–H groups in total. The fourth-order valence-corrected chi connectivity index (χ4v) is 3.53. The fraction of sp³-hybridized carbons (Fsp3) is 0.600. The molecule has 0 saturated carbocycles. The molecule has 1 aromatic carbocycles. The van der Waals surface area contributed by atoms with E-state index in [0.717, 1.165) is 17.8 Å². The van der Waals surface area contributed by atoms with Crippen molar-refractivity contribution in [3.63, 3.8) is 0 Å². The SMILES string of the molecule is COc1cc(N[C@H](C)C(=O)N(C(C)C)C(C)C)ccc1N1CCCC1=O. The quantitative estimate of drug-likeness (QED) is 0.810. The maximum absolute atomic E-state index is 12.8. The summed E-state index contributed by atoms with van der Waals surface area (Å²) in [5, 5.41) is 3.26. The average Bonchev–Trinajstić information content (AvgIpc) is 2.99. The Morgan fingerprint density at radius 1 is 1.19 bits per heavy atom. The van der Waals surface area contributed by atoms with Crippen LogP contribution in [0.2, 0.25) is 0 Å². The highest BCUT2D eigenvalue weighted by molar-refractivity contribution is 5.97. The largest absolute Gasteiger partial charge is 0.494 e. The minimum atomic E-state index is -0.358. The lowest BCUT2D eigenvalue weighted by atomic mass is 10.1. The zero-order valence-electron chi connectivity index (χ0n) is 16.7. The van der Waals surface area contributed by atoms with Gasteiger partial charge in [0, 0.05) is 36.8 Å². The number of carbonyl (C=O) groups excluding carboxylic acids is 2. The third-order valence-electron chi connectivity index (χ3n) is 4.66. The zero-order chi connectivity index (χ0) is 19.4. The molecule has 1 saturated heterocycles. The summed E-state index contributed by atoms with van der Waals surface area (Å²) in [5.74, 6) is 0.819. The molecule has 1 aliphatic rings. The maximum atomic E-state index is 12.8. The van der Waals surface area contributed by atoms with Gasteiger partial charge in [0.2, 0.25) is 11.8 Å². The van der Waals surface area contributed by atoms with Gasteiger partial charge in [0.05, 0.1) is 12.8 Å². The van der Waals surface area contributed by atoms with E-state index in [1.807, 2.05) is 57.7 Å². The van der Waals surface area contributed by atoms with Gasteiger partial charge in [-0.05, 0) is 53.2 Å². The van der Waals surface area contributed by atoms with E-state index in [1.165, 1.54) is 0 Å². The van der Waals surface area contributed by atoms with Gasteiger partial charge in [-0.2, -0.15) is 0 Å². The molecule has 2 amide bonds. The molecule has 0 aliphatic carbocycles. The summed E-state index contributed by atoms with van der Waals surface area (Å²) in [6.45, 7) is 10.7. The first-order chi connectivity index (χ1) is 12.3. The first kappa shape index (κ1) is 20.1. The van der Waals surface area contributed by atoms with Gasteiger partial charge in [-0.25, -0.2) is 0 Å². The number of anilines is 2. The van der Waals surface area contributed by atoms with Crippen molar-refractivity contribution >= 4 is 23.2 Å². The summed E-state index contributed by atoms with van der Waals surface area (Å²) < 4.78 is 5.48. The second-order valence-electron chi connectivity index (χ2n) is 7.33. The van der Waals surface area contributed by atoms with E-state index in [2.05, 4.69) is 5.32 Å². The number of methoxy groups -OCH3 is 1. The first-order valence-electron chi connectivity index (χ1n) is 9.33. The molecule has 6 heteroatoms. The van der Waals surface area contributed by atoms with Gasteiger partial charge >= 0.3 is 0 Å². The number of rotatable bonds is 7. The Kier molecular flexibility index (Phi) is 6.51. The van der Waals surface area contributed by atoms with E-state index in [1.54, 1.807) is 12.0 Å². The molecule has 0 spiro atoms. The van der Waals surface area contributed by atoms with Crippen LogP contribution in [0.25, 0.3) is 0 Å². The molecular weight excluding hydrogens is 330 g/mol. The van der Waals surface area contributed by atoms with Crippen LogP contribution in [-0.2, 0) is 9.59 Å². The van der Waals surface area contributed by atoms with Gasteiger partial charge < -0.3 is 19.9 Å². The number of benzene rings is 1. The van der Waals surface area contributed by atoms with Crippen LogP contribution in [0.5, 0.6) is 5.75 Å². The Morgan fingerprint density at radius 3 is 2.35 bits per heavy atom. The van der Waals surface area contributed by atoms with Crippen LogP contribution in [0.15, 0.2) is 18.2 Å². The minimum absolute atomic E-state index is 0.0627. The molecule has 0 unspecified atom stereocenters. The molecule has 2 rings (SSSR count). The Hall–Kier alpha value is -2.24. The first-order valence-corrected chi connectivity index (χ1v) is 9.33. The van der Waals surface area contributed by atoms with Gasteiger partial charge in [-0.3, -0.25) is 9.59 Å². The summed E-state index contributed by atoms with van der Waals surface area (Å²) >= 11 is 0. The van der Waals surface area contributed by atoms with Gasteiger partial charge in [0.25, 0.3) is 0 Å². The second kappa shape index (κ2) is 8.43. The molecule has 6 nitrogen and oxygen atoms in total. The van der Waals surface area contributed by atoms with Crippen molar-refractivity contribution in [3.8, 4) is 5.75 Å². The van der Waals surface area contributed by atoms with Crippen LogP contribution < -0.4 is 15.0 Å². The van der Waals surface area contributed by atoms with Crippen LogP contribution in [0.4, 0.5) is 11.4 Å². The highest BCUT2D eigenvalue weighted by Gasteiger charge is 2.27. The molecule has 26 heavy (non-hydrogen) atoms. The lowest BCUT2D eigenvalue weighted by Gasteiger charge is -2.33. The molecule has 1 heterocycles. The maximum Gasteiger partial charge on any atom is 0.245 e. The van der Waals surface area contributed by atoms with Crippen molar-refractivity contribution < 1.29 is 14.3 Å². The van der Waals surface area contributed by atoms with Crippen LogP contribution >= 0.6 is 0 Å². The van der Waals surface area contributed by atoms with Crippen LogP contribution in [0, 0.1) is 0 Å². The Balaban J connectivity index is 2.16. The number of hydrogen-bond donors (Lipinski definition) is 1. The van der Waals surface area contributed by atoms with Crippen molar-refractivity contribution in [1.29, 1.82) is 0 Å². The summed E-state index contributed by atoms with van der Waals surface area (Å²) in [5.41, 5.74) is 1.58. The van der Waals surface area contributed by atoms with Gasteiger partial charge in [0.15, 0.2) is 0 Å². The molecule has 0 aromatic heterocycles. The van der Waals surface area contributed by atoms with E-state index in [9.17, 15) is 9.59 Å². The van der Waals surface area contributed by atoms with Crippen molar-refractivity contribution in [2.24, 2.45) is 0 Å². The topological polar surface area (TPSA) is 61.9 Å². The Labute approximate surface area is 156 Å². The van der Waals surface area contributed by atoms with E-state index < -0.39 is 0 Å². The summed E-state index contributed by atoms with van der Waals surface area (Å²) in [4.78, 5) is 28.4. The molecule has 1 aliphatic heterocycles. The fourth-order valence-electron chi connectivity index (χ4n) is 3.53. The van der Waals surface area contributed by atoms with Crippen LogP contribution in [0.3, 0.4) is 0 Å². The number of hydrogen-bond acceptors (Lipinski definition) is 4. The van der Waals surface area contributed by atoms with Gasteiger partial charge in [0.1, 0.15) is 11.8 Å². The van der Waals surface area contributed by atoms with Crippen LogP contribution in [0.1, 0.15) is 47.5 Å². The Morgan fingerprint density at radius 2 is 1.85 bits per heavy atom. The van der Waals surface area contributed by atoms with E-state index in [0.29, 0.717) is 18.7 Å². The second-order valence-corrected chi connectivity index (χ2v) is 7.33. The third kappa shape index (κ3) is 4.29. The zero-order valence-corrected chi connectivity index (χ0v) is 16.7. The number of nitrogens with one attached hydrogen (secondary N) is 1. The van der Waals surface area contributed by atoms with Crippen LogP contribution in [-0.4, -0.2) is 48.5 Å². The summed E-state index contributed by atoms with van der Waals surface area (Å²) in [6, 6.07) is 5.55. The standard InChI is InChI=1S/C20H31N3O3/c1-13(2)23(14(3)4)20(25)15(5)21-16-9-10-17(18(12-16)26-6)22-11-7-8-19(22)24/h9-10,12-15,21H,7-8,11H2,1-6H3/t15-/m1/s1. The average molecular weight is 361 g/mol. The van der Waals surface area contributed by atoms with Crippen molar-refractivity contribution in [2.75, 3.05) is 23.9 Å². The lowest BCUT2D eigenvalue weighted by molar-refractivity contribution is -0.135. The highest BCUT2D eigenvalue weighted by Crippen LogP contribution is 2.34. The molecule has 1 atom stereocenters. The number of ether oxygens (including phenoxy) is 1. The van der Waals surface area contributed by atoms with Gasteiger partial charge in [-0.15, -0.1) is 0 Å². The van der Waals surface area contributed by atoms with E-state index in [4.69, 9.17) is 4.74 Å². The van der Waals surface area contributed by atoms with Crippen molar-refractivity contribution in [3.05, 3.63) is 18.2 Å². The number of nitrogens with zero attached hydrogens (tertiary/aromatic N) is 2. The monoisotopic (exact) mass is 361 g/mol. The lowest BCUT2D eigenvalue weighted by Crippen LogP contribution is -2.48. The summed E-state index contributed by atoms with van der Waals surface area (Å²) in [7, 11) is 1.59. The molecule has 144 valence electrons. The molecule has 1 aromatic rings. The van der Waals surface area contributed by atoms with E-state index >= 15 is 0 Å². The van der Waals surface area contributed by atoms with Crippen molar-refractivity contribution in [1.82, 2.24) is 4.90 Å². The molecule has 1 fully saturated rings. The highest BCUT2D eigenvalue weighted by atomic mass is 16.5. The normalized spacial score (nSPS) is 15.5.